The molecule has 0 saturated carbocycles. The third kappa shape index (κ3) is 2.51. The van der Waals surface area contributed by atoms with Crippen molar-refractivity contribution in [2.45, 2.75) is 26.8 Å². The van der Waals surface area contributed by atoms with Gasteiger partial charge in [-0.1, -0.05) is 30.1 Å². The SMILES string of the molecule is CCc1cc(Cl)ncc1-c1c(Cl)c(C(=O)O)nn1CC. The lowest BCUT2D eigenvalue weighted by atomic mass is 10.0. The van der Waals surface area contributed by atoms with Crippen LogP contribution in [-0.4, -0.2) is 25.8 Å². The molecule has 1 N–H and O–H groups in total. The molecule has 2 aromatic heterocycles. The molecule has 2 heterocycles. The van der Waals surface area contributed by atoms with Crippen LogP contribution in [-0.2, 0) is 13.0 Å². The molecular formula is C13H13Cl2N3O2. The number of hydrogen-bond donors (Lipinski definition) is 1. The van der Waals surface area contributed by atoms with Gasteiger partial charge in [-0.15, -0.1) is 0 Å². The average molecular weight is 314 g/mol. The van der Waals surface area contributed by atoms with Crippen molar-refractivity contribution in [2.24, 2.45) is 0 Å². The van der Waals surface area contributed by atoms with Gasteiger partial charge in [0.15, 0.2) is 5.69 Å². The topological polar surface area (TPSA) is 68.0 Å². The standard InChI is InChI=1S/C13H13Cl2N3O2/c1-3-7-5-9(14)16-6-8(7)12-10(15)11(13(19)20)17-18(12)4-2/h5-6H,3-4H2,1-2H3,(H,19,20). The van der Waals surface area contributed by atoms with E-state index in [1.54, 1.807) is 16.9 Å². The molecule has 0 spiro atoms. The highest BCUT2D eigenvalue weighted by Crippen LogP contribution is 2.33. The average Bonchev–Trinajstić information content (AvgIpc) is 2.75. The van der Waals surface area contributed by atoms with E-state index in [0.717, 1.165) is 17.5 Å². The number of carbonyl (C=O) groups is 1. The molecule has 0 aliphatic heterocycles. The van der Waals surface area contributed by atoms with Crippen LogP contribution in [0.3, 0.4) is 0 Å². The number of aromatic carboxylic acids is 1. The van der Waals surface area contributed by atoms with Crippen molar-refractivity contribution in [3.05, 3.63) is 33.7 Å². The smallest absolute Gasteiger partial charge is 0.358 e. The number of hydrogen-bond acceptors (Lipinski definition) is 3. The fourth-order valence-electron chi connectivity index (χ4n) is 2.04. The molecule has 106 valence electrons. The molecule has 2 rings (SSSR count). The van der Waals surface area contributed by atoms with E-state index in [9.17, 15) is 4.79 Å². The Morgan fingerprint density at radius 3 is 2.65 bits per heavy atom. The Hall–Kier alpha value is -1.59. The van der Waals surface area contributed by atoms with Gasteiger partial charge >= 0.3 is 5.97 Å². The van der Waals surface area contributed by atoms with Gasteiger partial charge in [-0.3, -0.25) is 4.68 Å². The first-order chi connectivity index (χ1) is 9.49. The Bertz CT molecular complexity index is 668. The highest BCUT2D eigenvalue weighted by Gasteiger charge is 2.23. The molecule has 0 unspecified atom stereocenters. The van der Waals surface area contributed by atoms with Crippen LogP contribution >= 0.6 is 23.2 Å². The van der Waals surface area contributed by atoms with Crippen LogP contribution in [0.25, 0.3) is 11.3 Å². The van der Waals surface area contributed by atoms with E-state index in [4.69, 9.17) is 28.3 Å². The van der Waals surface area contributed by atoms with Crippen molar-refractivity contribution in [2.75, 3.05) is 0 Å². The van der Waals surface area contributed by atoms with Gasteiger partial charge in [0.2, 0.25) is 0 Å². The summed E-state index contributed by atoms with van der Waals surface area (Å²) in [6.07, 6.45) is 2.33. The highest BCUT2D eigenvalue weighted by atomic mass is 35.5. The van der Waals surface area contributed by atoms with E-state index < -0.39 is 5.97 Å². The summed E-state index contributed by atoms with van der Waals surface area (Å²) < 4.78 is 1.57. The zero-order valence-corrected chi connectivity index (χ0v) is 12.5. The van der Waals surface area contributed by atoms with Gasteiger partial charge in [-0.25, -0.2) is 9.78 Å². The van der Waals surface area contributed by atoms with Gasteiger partial charge in [0, 0.05) is 18.3 Å². The number of aryl methyl sites for hydroxylation is 2. The van der Waals surface area contributed by atoms with Gasteiger partial charge < -0.3 is 5.11 Å². The van der Waals surface area contributed by atoms with Crippen LogP contribution in [0.4, 0.5) is 0 Å². The van der Waals surface area contributed by atoms with Gasteiger partial charge in [0.05, 0.1) is 5.69 Å². The van der Waals surface area contributed by atoms with Crippen molar-refractivity contribution in [1.82, 2.24) is 14.8 Å². The molecule has 7 heteroatoms. The second kappa shape index (κ2) is 5.81. The summed E-state index contributed by atoms with van der Waals surface area (Å²) in [6, 6.07) is 1.75. The molecular weight excluding hydrogens is 301 g/mol. The van der Waals surface area contributed by atoms with Gasteiger partial charge in [-0.2, -0.15) is 5.10 Å². The quantitative estimate of drug-likeness (QED) is 0.877. The maximum Gasteiger partial charge on any atom is 0.358 e. The lowest BCUT2D eigenvalue weighted by Gasteiger charge is -2.10. The first kappa shape index (κ1) is 14.8. The number of aromatic nitrogens is 3. The van der Waals surface area contributed by atoms with Crippen LogP contribution in [0, 0.1) is 0 Å². The molecule has 0 saturated heterocycles. The van der Waals surface area contributed by atoms with Crippen LogP contribution in [0.15, 0.2) is 12.3 Å². The third-order valence-electron chi connectivity index (χ3n) is 2.99. The van der Waals surface area contributed by atoms with Crippen LogP contribution in [0.5, 0.6) is 0 Å². The van der Waals surface area contributed by atoms with Crippen molar-refractivity contribution in [3.63, 3.8) is 0 Å². The van der Waals surface area contributed by atoms with Crippen molar-refractivity contribution in [3.8, 4) is 11.3 Å². The molecule has 0 radical (unpaired) electrons. The molecule has 0 aliphatic rings. The number of pyridine rings is 1. The third-order valence-corrected chi connectivity index (χ3v) is 3.55. The first-order valence-electron chi connectivity index (χ1n) is 6.13. The van der Waals surface area contributed by atoms with Crippen LogP contribution < -0.4 is 0 Å². The largest absolute Gasteiger partial charge is 0.476 e. The summed E-state index contributed by atoms with van der Waals surface area (Å²) in [7, 11) is 0. The molecule has 0 atom stereocenters. The number of halogens is 2. The zero-order chi connectivity index (χ0) is 14.9. The van der Waals surface area contributed by atoms with Gasteiger partial charge in [0.25, 0.3) is 0 Å². The summed E-state index contributed by atoms with van der Waals surface area (Å²) in [5.41, 5.74) is 2.11. The summed E-state index contributed by atoms with van der Waals surface area (Å²) in [5.74, 6) is -1.15. The lowest BCUT2D eigenvalue weighted by Crippen LogP contribution is -2.03. The predicted molar refractivity (Wildman–Crippen MR) is 77.5 cm³/mol. The van der Waals surface area contributed by atoms with E-state index in [1.807, 2.05) is 13.8 Å². The number of rotatable bonds is 4. The van der Waals surface area contributed by atoms with Crippen molar-refractivity contribution >= 4 is 29.2 Å². The maximum absolute atomic E-state index is 11.1. The van der Waals surface area contributed by atoms with E-state index in [-0.39, 0.29) is 10.7 Å². The minimum atomic E-state index is -1.15. The lowest BCUT2D eigenvalue weighted by molar-refractivity contribution is 0.0689. The Kier molecular flexibility index (Phi) is 4.30. The van der Waals surface area contributed by atoms with Crippen molar-refractivity contribution < 1.29 is 9.90 Å². The number of carboxylic acid groups (broad SMARTS) is 1. The number of carboxylic acids is 1. The fourth-order valence-corrected chi connectivity index (χ4v) is 2.53. The van der Waals surface area contributed by atoms with E-state index in [1.165, 1.54) is 0 Å². The Labute approximate surface area is 126 Å². The van der Waals surface area contributed by atoms with Crippen LogP contribution in [0.1, 0.15) is 29.9 Å². The minimum Gasteiger partial charge on any atom is -0.476 e. The Balaban J connectivity index is 2.72. The van der Waals surface area contributed by atoms with Gasteiger partial charge in [-0.05, 0) is 25.0 Å². The second-order valence-corrected chi connectivity index (χ2v) is 4.92. The summed E-state index contributed by atoms with van der Waals surface area (Å²) in [6.45, 7) is 4.36. The number of nitrogens with zero attached hydrogens (tertiary/aromatic N) is 3. The summed E-state index contributed by atoms with van der Waals surface area (Å²) in [4.78, 5) is 15.2. The fraction of sp³-hybridized carbons (Fsp3) is 0.308. The molecule has 0 fully saturated rings. The van der Waals surface area contributed by atoms with Crippen molar-refractivity contribution in [1.29, 1.82) is 0 Å². The summed E-state index contributed by atoms with van der Waals surface area (Å²) in [5, 5.41) is 13.7. The molecule has 20 heavy (non-hydrogen) atoms. The molecule has 0 aliphatic carbocycles. The minimum absolute atomic E-state index is 0.123. The van der Waals surface area contributed by atoms with E-state index in [2.05, 4.69) is 10.1 Å². The summed E-state index contributed by atoms with van der Waals surface area (Å²) >= 11 is 12.1. The normalized spacial score (nSPS) is 10.8. The molecule has 0 aromatic carbocycles. The Morgan fingerprint density at radius 1 is 1.40 bits per heavy atom. The Morgan fingerprint density at radius 2 is 2.10 bits per heavy atom. The first-order valence-corrected chi connectivity index (χ1v) is 6.89. The molecule has 2 aromatic rings. The maximum atomic E-state index is 11.1. The zero-order valence-electron chi connectivity index (χ0n) is 11.0. The van der Waals surface area contributed by atoms with Gasteiger partial charge in [0.1, 0.15) is 10.2 Å². The predicted octanol–water partition coefficient (Wildman–Crippen LogP) is 3.53. The molecule has 0 amide bonds. The highest BCUT2D eigenvalue weighted by molar-refractivity contribution is 6.35. The van der Waals surface area contributed by atoms with Crippen LogP contribution in [0.2, 0.25) is 10.2 Å². The molecule has 0 bridgehead atoms. The second-order valence-electron chi connectivity index (χ2n) is 4.15. The molecule has 5 nitrogen and oxygen atoms in total. The monoisotopic (exact) mass is 313 g/mol. The van der Waals surface area contributed by atoms with E-state index in [0.29, 0.717) is 17.4 Å². The van der Waals surface area contributed by atoms with E-state index >= 15 is 0 Å².